The molecule has 0 aliphatic rings. The van der Waals surface area contributed by atoms with Gasteiger partial charge in [0.1, 0.15) is 5.82 Å². The van der Waals surface area contributed by atoms with Gasteiger partial charge in [-0.1, -0.05) is 48.5 Å². The average Bonchev–Trinajstić information content (AvgIpc) is 2.67. The molecule has 0 saturated heterocycles. The normalized spacial score (nSPS) is 10.5. The number of halogens is 1. The van der Waals surface area contributed by atoms with Crippen molar-refractivity contribution in [1.82, 2.24) is 0 Å². The smallest absolute Gasteiger partial charge is 0.341 e. The maximum Gasteiger partial charge on any atom is 0.341 e. The Morgan fingerprint density at radius 2 is 1.65 bits per heavy atom. The van der Waals surface area contributed by atoms with E-state index in [9.17, 15) is 14.0 Å². The summed E-state index contributed by atoms with van der Waals surface area (Å²) in [6.45, 7) is 1.81. The summed E-state index contributed by atoms with van der Waals surface area (Å²) >= 11 is 0. The third-order valence-electron chi connectivity index (χ3n) is 4.10. The van der Waals surface area contributed by atoms with Crippen LogP contribution in [0.3, 0.4) is 0 Å². The van der Waals surface area contributed by atoms with Gasteiger partial charge in [0.15, 0.2) is 6.61 Å². The number of fused-ring (bicyclic) bond motifs is 1. The summed E-state index contributed by atoms with van der Waals surface area (Å²) in [7, 11) is 0. The van der Waals surface area contributed by atoms with Crippen LogP contribution in [0, 0.1) is 5.82 Å². The maximum atomic E-state index is 13.6. The second-order valence-electron chi connectivity index (χ2n) is 5.69. The first kappa shape index (κ1) is 17.6. The molecule has 3 aromatic carbocycles. The molecule has 4 nitrogen and oxygen atoms in total. The topological polar surface area (TPSA) is 46.6 Å². The van der Waals surface area contributed by atoms with Crippen LogP contribution >= 0.6 is 0 Å². The number of benzene rings is 3. The van der Waals surface area contributed by atoms with Gasteiger partial charge < -0.3 is 9.64 Å². The summed E-state index contributed by atoms with van der Waals surface area (Å²) in [5, 5.41) is 1.95. The zero-order chi connectivity index (χ0) is 18.5. The Labute approximate surface area is 150 Å². The Hall–Kier alpha value is -3.21. The molecule has 26 heavy (non-hydrogen) atoms. The molecule has 5 heteroatoms. The van der Waals surface area contributed by atoms with E-state index in [4.69, 9.17) is 4.74 Å². The Kier molecular flexibility index (Phi) is 5.27. The van der Waals surface area contributed by atoms with E-state index in [0.29, 0.717) is 6.54 Å². The van der Waals surface area contributed by atoms with E-state index in [1.165, 1.54) is 24.3 Å². The molecule has 0 radical (unpaired) electrons. The Bertz CT molecular complexity index is 949. The summed E-state index contributed by atoms with van der Waals surface area (Å²) < 4.78 is 18.6. The average molecular weight is 351 g/mol. The van der Waals surface area contributed by atoms with Gasteiger partial charge in [-0.15, -0.1) is 0 Å². The number of hydrogen-bond donors (Lipinski definition) is 0. The number of carbonyl (C=O) groups excluding carboxylic acids is 2. The van der Waals surface area contributed by atoms with Gasteiger partial charge in [0.05, 0.1) is 11.3 Å². The molecule has 3 aromatic rings. The summed E-state index contributed by atoms with van der Waals surface area (Å²) in [6, 6.07) is 18.9. The predicted molar refractivity (Wildman–Crippen MR) is 98.7 cm³/mol. The fraction of sp³-hybridized carbons (Fsp3) is 0.143. The zero-order valence-corrected chi connectivity index (χ0v) is 14.3. The van der Waals surface area contributed by atoms with Crippen LogP contribution in [0.15, 0.2) is 66.7 Å². The highest BCUT2D eigenvalue weighted by Gasteiger charge is 2.19. The first-order valence-electron chi connectivity index (χ1n) is 8.31. The van der Waals surface area contributed by atoms with E-state index in [1.54, 1.807) is 4.90 Å². The third kappa shape index (κ3) is 3.57. The summed E-state index contributed by atoms with van der Waals surface area (Å²) in [4.78, 5) is 26.1. The molecule has 3 rings (SSSR count). The van der Waals surface area contributed by atoms with Gasteiger partial charge in [0, 0.05) is 11.9 Å². The van der Waals surface area contributed by atoms with Crippen LogP contribution < -0.4 is 4.90 Å². The number of carbonyl (C=O) groups is 2. The van der Waals surface area contributed by atoms with Crippen molar-refractivity contribution in [3.63, 3.8) is 0 Å². The van der Waals surface area contributed by atoms with Gasteiger partial charge in [-0.25, -0.2) is 9.18 Å². The van der Waals surface area contributed by atoms with Crippen LogP contribution in [0.1, 0.15) is 17.3 Å². The fourth-order valence-electron chi connectivity index (χ4n) is 2.83. The van der Waals surface area contributed by atoms with E-state index in [0.717, 1.165) is 16.5 Å². The van der Waals surface area contributed by atoms with Gasteiger partial charge in [-0.2, -0.15) is 0 Å². The van der Waals surface area contributed by atoms with E-state index in [1.807, 2.05) is 49.4 Å². The SMILES string of the molecule is CCN(C(=O)COC(=O)c1ccccc1F)c1cccc2ccccc12. The lowest BCUT2D eigenvalue weighted by molar-refractivity contribution is -0.121. The van der Waals surface area contributed by atoms with Gasteiger partial charge in [0.25, 0.3) is 5.91 Å². The lowest BCUT2D eigenvalue weighted by atomic mass is 10.1. The van der Waals surface area contributed by atoms with Crippen molar-refractivity contribution in [2.75, 3.05) is 18.1 Å². The predicted octanol–water partition coefficient (Wildman–Crippen LogP) is 4.19. The minimum atomic E-state index is -0.856. The van der Waals surface area contributed by atoms with E-state index in [-0.39, 0.29) is 11.5 Å². The van der Waals surface area contributed by atoms with Gasteiger partial charge >= 0.3 is 5.97 Å². The van der Waals surface area contributed by atoms with Crippen molar-refractivity contribution in [3.05, 3.63) is 78.1 Å². The molecule has 0 bridgehead atoms. The third-order valence-corrected chi connectivity index (χ3v) is 4.10. The second-order valence-corrected chi connectivity index (χ2v) is 5.69. The highest BCUT2D eigenvalue weighted by molar-refractivity contribution is 6.04. The summed E-state index contributed by atoms with van der Waals surface area (Å²) in [5.41, 5.74) is 0.561. The van der Waals surface area contributed by atoms with E-state index < -0.39 is 18.4 Å². The number of amides is 1. The van der Waals surface area contributed by atoms with Crippen LogP contribution in [-0.2, 0) is 9.53 Å². The van der Waals surface area contributed by atoms with Crippen molar-refractivity contribution < 1.29 is 18.7 Å². The van der Waals surface area contributed by atoms with Crippen LogP contribution in [0.5, 0.6) is 0 Å². The molecule has 0 aliphatic heterocycles. The van der Waals surface area contributed by atoms with Crippen LogP contribution in [0.2, 0.25) is 0 Å². The van der Waals surface area contributed by atoms with Gasteiger partial charge in [-0.3, -0.25) is 4.79 Å². The van der Waals surface area contributed by atoms with Crippen LogP contribution in [0.4, 0.5) is 10.1 Å². The molecule has 0 atom stereocenters. The number of ether oxygens (including phenoxy) is 1. The minimum absolute atomic E-state index is 0.187. The minimum Gasteiger partial charge on any atom is -0.452 e. The van der Waals surface area contributed by atoms with Crippen LogP contribution in [-0.4, -0.2) is 25.0 Å². The standard InChI is InChI=1S/C21H18FNO3/c1-2-23(19-13-7-9-15-8-3-4-10-16(15)19)20(24)14-26-21(25)17-11-5-6-12-18(17)22/h3-13H,2,14H2,1H3. The largest absolute Gasteiger partial charge is 0.452 e. The zero-order valence-electron chi connectivity index (χ0n) is 14.3. The number of anilines is 1. The Morgan fingerprint density at radius 1 is 0.962 bits per heavy atom. The number of likely N-dealkylation sites (N-methyl/N-ethyl adjacent to an activating group) is 1. The highest BCUT2D eigenvalue weighted by atomic mass is 19.1. The van der Waals surface area contributed by atoms with Crippen molar-refractivity contribution in [3.8, 4) is 0 Å². The molecule has 0 heterocycles. The van der Waals surface area contributed by atoms with Crippen molar-refractivity contribution >= 4 is 28.3 Å². The molecule has 0 spiro atoms. The first-order valence-corrected chi connectivity index (χ1v) is 8.31. The quantitative estimate of drug-likeness (QED) is 0.648. The molecule has 0 aromatic heterocycles. The van der Waals surface area contributed by atoms with Crippen molar-refractivity contribution in [1.29, 1.82) is 0 Å². The van der Waals surface area contributed by atoms with Gasteiger partial charge in [-0.05, 0) is 30.5 Å². The first-order chi connectivity index (χ1) is 12.6. The van der Waals surface area contributed by atoms with E-state index in [2.05, 4.69) is 0 Å². The molecule has 1 amide bonds. The van der Waals surface area contributed by atoms with Gasteiger partial charge in [0.2, 0.25) is 0 Å². The number of esters is 1. The Balaban J connectivity index is 1.77. The lowest BCUT2D eigenvalue weighted by Crippen LogP contribution is -2.34. The molecule has 0 unspecified atom stereocenters. The number of hydrogen-bond acceptors (Lipinski definition) is 3. The summed E-state index contributed by atoms with van der Waals surface area (Å²) in [5.74, 6) is -1.90. The fourth-order valence-corrected chi connectivity index (χ4v) is 2.83. The molecule has 132 valence electrons. The Morgan fingerprint density at radius 3 is 2.42 bits per heavy atom. The molecule has 0 saturated carbocycles. The highest BCUT2D eigenvalue weighted by Crippen LogP contribution is 2.26. The summed E-state index contributed by atoms with van der Waals surface area (Å²) in [6.07, 6.45) is 0. The molecule has 0 aliphatic carbocycles. The van der Waals surface area contributed by atoms with Crippen LogP contribution in [0.25, 0.3) is 10.8 Å². The second kappa shape index (κ2) is 7.78. The maximum absolute atomic E-state index is 13.6. The monoisotopic (exact) mass is 351 g/mol. The lowest BCUT2D eigenvalue weighted by Gasteiger charge is -2.22. The molecular weight excluding hydrogens is 333 g/mol. The van der Waals surface area contributed by atoms with Crippen molar-refractivity contribution in [2.24, 2.45) is 0 Å². The molecule has 0 fully saturated rings. The number of rotatable bonds is 5. The van der Waals surface area contributed by atoms with E-state index >= 15 is 0 Å². The van der Waals surface area contributed by atoms with Crippen molar-refractivity contribution in [2.45, 2.75) is 6.92 Å². The molecule has 0 N–H and O–H groups in total. The molecular formula is C21H18FNO3. The number of nitrogens with zero attached hydrogens (tertiary/aromatic N) is 1.